The summed E-state index contributed by atoms with van der Waals surface area (Å²) in [4.78, 5) is 24.3. The Hall–Kier alpha value is -3.40. The first kappa shape index (κ1) is 30.6. The van der Waals surface area contributed by atoms with Crippen LogP contribution in [-0.2, 0) is 9.53 Å². The Kier molecular flexibility index (Phi) is 17.8. The fourth-order valence-electron chi connectivity index (χ4n) is 3.12. The van der Waals surface area contributed by atoms with Gasteiger partial charge in [0.15, 0.2) is 0 Å². The van der Waals surface area contributed by atoms with Crippen molar-refractivity contribution < 1.29 is 19.1 Å². The van der Waals surface area contributed by atoms with Crippen molar-refractivity contribution in [2.45, 2.75) is 72.1 Å². The maximum atomic E-state index is 12.2. The molecule has 0 amide bonds. The number of hydrogen-bond acceptors (Lipinski definition) is 4. The molecule has 0 aromatic heterocycles. The first-order chi connectivity index (χ1) is 17.6. The highest BCUT2D eigenvalue weighted by Crippen LogP contribution is 2.22. The van der Waals surface area contributed by atoms with Crippen molar-refractivity contribution in [3.63, 3.8) is 0 Å². The van der Waals surface area contributed by atoms with Crippen LogP contribution in [0.25, 0.3) is 0 Å². The molecule has 0 fully saturated rings. The van der Waals surface area contributed by atoms with Gasteiger partial charge in [0.1, 0.15) is 11.3 Å². The maximum Gasteiger partial charge on any atom is 0.341 e. The lowest BCUT2D eigenvalue weighted by Crippen LogP contribution is -2.12. The Morgan fingerprint density at radius 2 is 1.22 bits per heavy atom. The van der Waals surface area contributed by atoms with Gasteiger partial charge in [0.05, 0.1) is 6.61 Å². The molecule has 0 heterocycles. The topological polar surface area (TPSA) is 52.6 Å². The van der Waals surface area contributed by atoms with Crippen LogP contribution in [0, 0.1) is 6.92 Å². The van der Waals surface area contributed by atoms with Gasteiger partial charge < -0.3 is 9.47 Å². The Balaban J connectivity index is 2.19. The molecule has 36 heavy (non-hydrogen) atoms. The predicted molar refractivity (Wildman–Crippen MR) is 150 cm³/mol. The SMILES string of the molecule is CC/C=C\C/C=C\C/C=C\C/C=C\C/C=C\C/C=C\CCC(=O)Oc1ccc(C)cc1C(=O)OCC. The second-order valence-electron chi connectivity index (χ2n) is 8.15. The van der Waals surface area contributed by atoms with Gasteiger partial charge in [-0.25, -0.2) is 4.79 Å². The van der Waals surface area contributed by atoms with E-state index in [-0.39, 0.29) is 30.3 Å². The highest BCUT2D eigenvalue weighted by Gasteiger charge is 2.16. The second-order valence-corrected chi connectivity index (χ2v) is 8.15. The summed E-state index contributed by atoms with van der Waals surface area (Å²) in [6, 6.07) is 5.11. The van der Waals surface area contributed by atoms with Gasteiger partial charge in [-0.2, -0.15) is 0 Å². The van der Waals surface area contributed by atoms with Gasteiger partial charge in [-0.15, -0.1) is 0 Å². The van der Waals surface area contributed by atoms with Crippen LogP contribution >= 0.6 is 0 Å². The zero-order valence-corrected chi connectivity index (χ0v) is 22.2. The number of esters is 2. The molecule has 0 aliphatic rings. The number of benzene rings is 1. The normalized spacial score (nSPS) is 12.3. The van der Waals surface area contributed by atoms with Gasteiger partial charge in [0.2, 0.25) is 0 Å². The minimum Gasteiger partial charge on any atom is -0.462 e. The lowest BCUT2D eigenvalue weighted by atomic mass is 10.1. The molecule has 0 atom stereocenters. The summed E-state index contributed by atoms with van der Waals surface area (Å²) in [5.74, 6) is -0.614. The van der Waals surface area contributed by atoms with Crippen LogP contribution in [0.1, 0.15) is 81.1 Å². The molecule has 0 bridgehead atoms. The minimum absolute atomic E-state index is 0.242. The van der Waals surface area contributed by atoms with Crippen LogP contribution in [0.2, 0.25) is 0 Å². The fraction of sp³-hybridized carbons (Fsp3) is 0.375. The minimum atomic E-state index is -0.485. The number of aryl methyl sites for hydroxylation is 1. The number of allylic oxidation sites excluding steroid dienone is 12. The van der Waals surface area contributed by atoms with Crippen LogP contribution in [0.3, 0.4) is 0 Å². The van der Waals surface area contributed by atoms with Gasteiger partial charge in [-0.1, -0.05) is 85.9 Å². The third-order valence-corrected chi connectivity index (χ3v) is 4.97. The summed E-state index contributed by atoms with van der Waals surface area (Å²) in [6.45, 7) is 6.03. The Labute approximate surface area is 217 Å². The van der Waals surface area contributed by atoms with E-state index in [1.807, 2.05) is 19.1 Å². The van der Waals surface area contributed by atoms with Crippen molar-refractivity contribution in [2.24, 2.45) is 0 Å². The van der Waals surface area contributed by atoms with Crippen LogP contribution < -0.4 is 4.74 Å². The standard InChI is InChI=1S/C32H42O4/c1-4-6-7-8-9-10-11-12-13-14-15-16-17-18-19-20-21-22-23-24-31(33)36-30-26-25-28(3)27-29(30)32(34)35-5-2/h6-7,9-10,12-13,15-16,18-19,21-22,25-27H,4-5,8,11,14,17,20,23-24H2,1-3H3/b7-6-,10-9-,13-12-,16-15-,19-18-,22-21-. The summed E-state index contributed by atoms with van der Waals surface area (Å²) in [5, 5.41) is 0. The molecule has 4 nitrogen and oxygen atoms in total. The first-order valence-corrected chi connectivity index (χ1v) is 13.0. The quantitative estimate of drug-likeness (QED) is 0.125. The lowest BCUT2D eigenvalue weighted by molar-refractivity contribution is -0.134. The van der Waals surface area contributed by atoms with E-state index in [1.54, 1.807) is 25.1 Å². The monoisotopic (exact) mass is 490 g/mol. The van der Waals surface area contributed by atoms with E-state index in [0.717, 1.165) is 44.1 Å². The number of rotatable bonds is 17. The van der Waals surface area contributed by atoms with Crippen molar-refractivity contribution in [1.82, 2.24) is 0 Å². The molecule has 194 valence electrons. The molecular weight excluding hydrogens is 448 g/mol. The summed E-state index contributed by atoms with van der Waals surface area (Å²) in [6.07, 6.45) is 32.4. The molecule has 1 aromatic carbocycles. The smallest absolute Gasteiger partial charge is 0.341 e. The van der Waals surface area contributed by atoms with Gasteiger partial charge in [-0.05, 0) is 76.5 Å². The summed E-state index contributed by atoms with van der Waals surface area (Å²) in [7, 11) is 0. The van der Waals surface area contributed by atoms with Crippen LogP contribution in [0.15, 0.2) is 91.1 Å². The first-order valence-electron chi connectivity index (χ1n) is 13.0. The van der Waals surface area contributed by atoms with Crippen molar-refractivity contribution in [2.75, 3.05) is 6.61 Å². The van der Waals surface area contributed by atoms with Crippen molar-refractivity contribution in [3.05, 3.63) is 102 Å². The van der Waals surface area contributed by atoms with Crippen LogP contribution in [-0.4, -0.2) is 18.5 Å². The molecule has 0 saturated heterocycles. The van der Waals surface area contributed by atoms with E-state index in [4.69, 9.17) is 9.47 Å². The van der Waals surface area contributed by atoms with Crippen molar-refractivity contribution >= 4 is 11.9 Å². The zero-order chi connectivity index (χ0) is 26.3. The Morgan fingerprint density at radius 1 is 0.722 bits per heavy atom. The van der Waals surface area contributed by atoms with Gasteiger partial charge in [0.25, 0.3) is 0 Å². The molecule has 0 N–H and O–H groups in total. The van der Waals surface area contributed by atoms with E-state index in [0.29, 0.717) is 6.42 Å². The average Bonchev–Trinajstić information content (AvgIpc) is 2.86. The molecule has 0 saturated carbocycles. The molecular formula is C32H42O4. The van der Waals surface area contributed by atoms with Gasteiger partial charge >= 0.3 is 11.9 Å². The lowest BCUT2D eigenvalue weighted by Gasteiger charge is -2.10. The number of carbonyl (C=O) groups excluding carboxylic acids is 2. The number of hydrogen-bond donors (Lipinski definition) is 0. The molecule has 1 rings (SSSR count). The highest BCUT2D eigenvalue weighted by atomic mass is 16.5. The molecule has 0 aliphatic heterocycles. The Morgan fingerprint density at radius 3 is 1.72 bits per heavy atom. The highest BCUT2D eigenvalue weighted by molar-refractivity contribution is 5.93. The number of ether oxygens (including phenoxy) is 2. The Bertz CT molecular complexity index is 945. The summed E-state index contributed by atoms with van der Waals surface area (Å²) < 4.78 is 10.4. The van der Waals surface area contributed by atoms with Crippen LogP contribution in [0.4, 0.5) is 0 Å². The molecule has 0 unspecified atom stereocenters. The molecule has 0 radical (unpaired) electrons. The fourth-order valence-corrected chi connectivity index (χ4v) is 3.12. The predicted octanol–water partition coefficient (Wildman–Crippen LogP) is 8.56. The third-order valence-electron chi connectivity index (χ3n) is 4.97. The summed E-state index contributed by atoms with van der Waals surface area (Å²) in [5.41, 5.74) is 1.18. The zero-order valence-electron chi connectivity index (χ0n) is 22.2. The van der Waals surface area contributed by atoms with E-state index in [2.05, 4.69) is 67.7 Å². The van der Waals surface area contributed by atoms with Crippen LogP contribution in [0.5, 0.6) is 5.75 Å². The molecule has 1 aromatic rings. The van der Waals surface area contributed by atoms with E-state index in [9.17, 15) is 9.59 Å². The van der Waals surface area contributed by atoms with Gasteiger partial charge in [0, 0.05) is 6.42 Å². The summed E-state index contributed by atoms with van der Waals surface area (Å²) >= 11 is 0. The number of carbonyl (C=O) groups is 2. The average molecular weight is 491 g/mol. The third kappa shape index (κ3) is 15.5. The van der Waals surface area contributed by atoms with Gasteiger partial charge in [-0.3, -0.25) is 4.79 Å². The molecule has 0 spiro atoms. The maximum absolute atomic E-state index is 12.2. The van der Waals surface area contributed by atoms with Crippen molar-refractivity contribution in [3.8, 4) is 5.75 Å². The second kappa shape index (κ2) is 20.9. The molecule has 0 aliphatic carbocycles. The van der Waals surface area contributed by atoms with E-state index < -0.39 is 5.97 Å². The largest absolute Gasteiger partial charge is 0.462 e. The van der Waals surface area contributed by atoms with E-state index >= 15 is 0 Å². The molecule has 4 heteroatoms. The van der Waals surface area contributed by atoms with Crippen molar-refractivity contribution in [1.29, 1.82) is 0 Å². The van der Waals surface area contributed by atoms with E-state index in [1.165, 1.54) is 0 Å².